The number of nitrogens with zero attached hydrogens (tertiary/aromatic N) is 5. The van der Waals surface area contributed by atoms with E-state index >= 15 is 0 Å². The summed E-state index contributed by atoms with van der Waals surface area (Å²) >= 11 is 0. The van der Waals surface area contributed by atoms with Crippen LogP contribution in [0.4, 0.5) is 5.82 Å². The summed E-state index contributed by atoms with van der Waals surface area (Å²) < 4.78 is 11.2. The SMILES string of the molecule is CCOCc1cc(CN2CCC[C@H](c3cc(N(C)C)nc(-c4cccnc4)n3)C2)ccc1OC. The van der Waals surface area contributed by atoms with E-state index in [1.165, 1.54) is 5.56 Å². The van der Waals surface area contributed by atoms with Crippen molar-refractivity contribution in [3.63, 3.8) is 0 Å². The van der Waals surface area contributed by atoms with E-state index in [2.05, 4.69) is 34.1 Å². The Hall–Kier alpha value is -3.03. The molecule has 180 valence electrons. The van der Waals surface area contributed by atoms with E-state index in [0.717, 1.165) is 66.7 Å². The molecule has 7 nitrogen and oxygen atoms in total. The summed E-state index contributed by atoms with van der Waals surface area (Å²) in [6.45, 7) is 6.24. The molecule has 3 heterocycles. The number of aromatic nitrogens is 3. The lowest BCUT2D eigenvalue weighted by Crippen LogP contribution is -2.34. The number of piperidine rings is 1. The molecule has 1 atom stereocenters. The van der Waals surface area contributed by atoms with Crippen LogP contribution in [0.15, 0.2) is 48.8 Å². The zero-order valence-corrected chi connectivity index (χ0v) is 20.7. The van der Waals surface area contributed by atoms with E-state index in [1.54, 1.807) is 13.3 Å². The van der Waals surface area contributed by atoms with E-state index in [0.29, 0.717) is 19.1 Å². The molecule has 1 saturated heterocycles. The summed E-state index contributed by atoms with van der Waals surface area (Å²) in [5.74, 6) is 2.92. The largest absolute Gasteiger partial charge is 0.496 e. The molecule has 1 aliphatic rings. The summed E-state index contributed by atoms with van der Waals surface area (Å²) in [4.78, 5) is 18.6. The van der Waals surface area contributed by atoms with Gasteiger partial charge in [-0.1, -0.05) is 6.07 Å². The van der Waals surface area contributed by atoms with Gasteiger partial charge in [0.15, 0.2) is 5.82 Å². The standard InChI is InChI=1S/C27H35N5O2/c1-5-34-19-23-14-20(10-11-25(23)33-4)17-32-13-7-9-22(18-32)24-15-26(31(2)3)30-27(29-24)21-8-6-12-28-16-21/h6,8,10-12,14-16,22H,5,7,9,13,17-19H2,1-4H3/t22-/m0/s1. The van der Waals surface area contributed by atoms with Gasteiger partial charge in [0.1, 0.15) is 11.6 Å². The minimum atomic E-state index is 0.368. The molecular weight excluding hydrogens is 426 g/mol. The number of ether oxygens (including phenoxy) is 2. The van der Waals surface area contributed by atoms with Crippen molar-refractivity contribution in [2.24, 2.45) is 0 Å². The van der Waals surface area contributed by atoms with Crippen molar-refractivity contribution in [3.8, 4) is 17.1 Å². The van der Waals surface area contributed by atoms with E-state index in [4.69, 9.17) is 19.4 Å². The van der Waals surface area contributed by atoms with Crippen molar-refractivity contribution >= 4 is 5.82 Å². The molecule has 1 aliphatic heterocycles. The Labute approximate surface area is 202 Å². The molecule has 0 amide bonds. The van der Waals surface area contributed by atoms with Gasteiger partial charge in [-0.3, -0.25) is 9.88 Å². The van der Waals surface area contributed by atoms with Gasteiger partial charge in [0.25, 0.3) is 0 Å². The van der Waals surface area contributed by atoms with Gasteiger partial charge in [0.2, 0.25) is 0 Å². The molecule has 0 unspecified atom stereocenters. The van der Waals surface area contributed by atoms with Crippen LogP contribution in [0.2, 0.25) is 0 Å². The second-order valence-electron chi connectivity index (χ2n) is 8.97. The maximum Gasteiger partial charge on any atom is 0.163 e. The average molecular weight is 462 g/mol. The summed E-state index contributed by atoms with van der Waals surface area (Å²) in [6.07, 6.45) is 5.88. The average Bonchev–Trinajstić information content (AvgIpc) is 2.88. The lowest BCUT2D eigenvalue weighted by molar-refractivity contribution is 0.131. The minimum absolute atomic E-state index is 0.368. The number of benzene rings is 1. The van der Waals surface area contributed by atoms with Crippen LogP contribution in [0.5, 0.6) is 5.75 Å². The molecule has 1 fully saturated rings. The molecule has 2 aromatic heterocycles. The van der Waals surface area contributed by atoms with Crippen LogP contribution in [0.25, 0.3) is 11.4 Å². The van der Waals surface area contributed by atoms with Crippen LogP contribution >= 0.6 is 0 Å². The van der Waals surface area contributed by atoms with Crippen LogP contribution in [0.1, 0.15) is 42.5 Å². The van der Waals surface area contributed by atoms with Gasteiger partial charge in [-0.15, -0.1) is 0 Å². The highest BCUT2D eigenvalue weighted by Crippen LogP contribution is 2.30. The number of hydrogen-bond donors (Lipinski definition) is 0. The number of methoxy groups -OCH3 is 1. The quantitative estimate of drug-likeness (QED) is 0.464. The summed E-state index contributed by atoms with van der Waals surface area (Å²) in [7, 11) is 5.76. The normalized spacial score (nSPS) is 16.4. The summed E-state index contributed by atoms with van der Waals surface area (Å²) in [6, 6.07) is 12.5. The lowest BCUT2D eigenvalue weighted by atomic mass is 9.93. The first kappa shape index (κ1) is 24.1. The Kier molecular flexibility index (Phi) is 8.08. The van der Waals surface area contributed by atoms with E-state index in [1.807, 2.05) is 44.2 Å². The first-order valence-electron chi connectivity index (χ1n) is 12.0. The second-order valence-corrected chi connectivity index (χ2v) is 8.97. The van der Waals surface area contributed by atoms with E-state index in [-0.39, 0.29) is 0 Å². The van der Waals surface area contributed by atoms with Crippen LogP contribution in [0, 0.1) is 0 Å². The fourth-order valence-corrected chi connectivity index (χ4v) is 4.47. The molecule has 1 aromatic carbocycles. The molecule has 0 saturated carbocycles. The summed E-state index contributed by atoms with van der Waals surface area (Å²) in [5.41, 5.74) is 4.43. The third-order valence-corrected chi connectivity index (χ3v) is 6.25. The highest BCUT2D eigenvalue weighted by Gasteiger charge is 2.24. The molecule has 3 aromatic rings. The molecule has 0 bridgehead atoms. The molecule has 0 N–H and O–H groups in total. The zero-order chi connectivity index (χ0) is 23.9. The zero-order valence-electron chi connectivity index (χ0n) is 20.7. The third kappa shape index (κ3) is 5.90. The Morgan fingerprint density at radius 3 is 2.76 bits per heavy atom. The van der Waals surface area contributed by atoms with Gasteiger partial charge in [0.05, 0.1) is 19.4 Å². The molecule has 0 aliphatic carbocycles. The molecule has 4 rings (SSSR count). The molecule has 0 spiro atoms. The topological polar surface area (TPSA) is 63.6 Å². The van der Waals surface area contributed by atoms with E-state index in [9.17, 15) is 0 Å². The number of likely N-dealkylation sites (tertiary alicyclic amines) is 1. The number of rotatable bonds is 9. The third-order valence-electron chi connectivity index (χ3n) is 6.25. The number of anilines is 1. The highest BCUT2D eigenvalue weighted by molar-refractivity contribution is 5.56. The Balaban J connectivity index is 1.53. The maximum atomic E-state index is 5.64. The van der Waals surface area contributed by atoms with Gasteiger partial charge in [-0.25, -0.2) is 9.97 Å². The molecular formula is C27H35N5O2. The van der Waals surface area contributed by atoms with Crippen molar-refractivity contribution in [2.75, 3.05) is 45.8 Å². The van der Waals surface area contributed by atoms with Gasteiger partial charge in [0, 0.05) is 69.3 Å². The Morgan fingerprint density at radius 2 is 2.03 bits per heavy atom. The van der Waals surface area contributed by atoms with Gasteiger partial charge < -0.3 is 14.4 Å². The van der Waals surface area contributed by atoms with Crippen LogP contribution in [-0.4, -0.2) is 60.8 Å². The predicted octanol–water partition coefficient (Wildman–Crippen LogP) is 4.53. The first-order valence-corrected chi connectivity index (χ1v) is 12.0. The first-order chi connectivity index (χ1) is 16.6. The Bertz CT molecular complexity index is 1070. The van der Waals surface area contributed by atoms with Crippen molar-refractivity contribution < 1.29 is 9.47 Å². The lowest BCUT2D eigenvalue weighted by Gasteiger charge is -2.33. The van der Waals surface area contributed by atoms with Crippen LogP contribution in [-0.2, 0) is 17.9 Å². The molecule has 0 radical (unpaired) electrons. The van der Waals surface area contributed by atoms with Crippen molar-refractivity contribution in [1.82, 2.24) is 19.9 Å². The van der Waals surface area contributed by atoms with E-state index < -0.39 is 0 Å². The fourth-order valence-electron chi connectivity index (χ4n) is 4.47. The van der Waals surface area contributed by atoms with Crippen molar-refractivity contribution in [1.29, 1.82) is 0 Å². The second kappa shape index (κ2) is 11.4. The van der Waals surface area contributed by atoms with Crippen LogP contribution in [0.3, 0.4) is 0 Å². The predicted molar refractivity (Wildman–Crippen MR) is 135 cm³/mol. The maximum absolute atomic E-state index is 5.64. The minimum Gasteiger partial charge on any atom is -0.496 e. The number of hydrogen-bond acceptors (Lipinski definition) is 7. The Morgan fingerprint density at radius 1 is 1.15 bits per heavy atom. The van der Waals surface area contributed by atoms with Crippen molar-refractivity contribution in [2.45, 2.75) is 38.8 Å². The monoisotopic (exact) mass is 461 g/mol. The van der Waals surface area contributed by atoms with Gasteiger partial charge >= 0.3 is 0 Å². The number of pyridine rings is 1. The highest BCUT2D eigenvalue weighted by atomic mass is 16.5. The molecule has 34 heavy (non-hydrogen) atoms. The van der Waals surface area contributed by atoms with Gasteiger partial charge in [-0.2, -0.15) is 0 Å². The van der Waals surface area contributed by atoms with Gasteiger partial charge in [-0.05, 0) is 56.1 Å². The van der Waals surface area contributed by atoms with Crippen LogP contribution < -0.4 is 9.64 Å². The fraction of sp³-hybridized carbons (Fsp3) is 0.444. The summed E-state index contributed by atoms with van der Waals surface area (Å²) in [5, 5.41) is 0. The molecule has 7 heteroatoms. The van der Waals surface area contributed by atoms with Crippen molar-refractivity contribution in [3.05, 3.63) is 65.6 Å². The smallest absolute Gasteiger partial charge is 0.163 e.